The predicted molar refractivity (Wildman–Crippen MR) is 84.6 cm³/mol. The molecule has 0 aliphatic carbocycles. The summed E-state index contributed by atoms with van der Waals surface area (Å²) in [4.78, 5) is 16.8. The highest BCUT2D eigenvalue weighted by molar-refractivity contribution is 5.95. The van der Waals surface area contributed by atoms with Crippen LogP contribution in [-0.2, 0) is 0 Å². The van der Waals surface area contributed by atoms with E-state index in [1.165, 1.54) is 6.42 Å². The summed E-state index contributed by atoms with van der Waals surface area (Å²) in [5.41, 5.74) is 6.94. The third kappa shape index (κ3) is 3.67. The van der Waals surface area contributed by atoms with Gasteiger partial charge in [0.25, 0.3) is 5.91 Å². The molecule has 1 saturated heterocycles. The zero-order valence-corrected chi connectivity index (χ0v) is 13.1. The van der Waals surface area contributed by atoms with Crippen molar-refractivity contribution in [2.45, 2.75) is 25.8 Å². The van der Waals surface area contributed by atoms with Gasteiger partial charge in [-0.2, -0.15) is 0 Å². The second-order valence-electron chi connectivity index (χ2n) is 5.61. The molecule has 0 aromatic heterocycles. The Morgan fingerprint density at radius 1 is 1.48 bits per heavy atom. The van der Waals surface area contributed by atoms with E-state index >= 15 is 0 Å². The van der Waals surface area contributed by atoms with Crippen LogP contribution >= 0.6 is 0 Å². The average Bonchev–Trinajstić information content (AvgIpc) is 2.92. The average molecular weight is 291 g/mol. The Balaban J connectivity index is 2.07. The second-order valence-corrected chi connectivity index (χ2v) is 5.61. The van der Waals surface area contributed by atoms with Gasteiger partial charge >= 0.3 is 0 Å². The molecule has 1 aromatic rings. The van der Waals surface area contributed by atoms with Crippen molar-refractivity contribution in [3.8, 4) is 5.75 Å². The summed E-state index contributed by atoms with van der Waals surface area (Å²) in [6.07, 6.45) is 2.37. The van der Waals surface area contributed by atoms with E-state index in [0.717, 1.165) is 26.1 Å². The van der Waals surface area contributed by atoms with E-state index in [1.54, 1.807) is 30.2 Å². The summed E-state index contributed by atoms with van der Waals surface area (Å²) in [6.45, 7) is 5.10. The number of carbonyl (C=O) groups excluding carboxylic acids is 1. The first-order valence-corrected chi connectivity index (χ1v) is 7.49. The second kappa shape index (κ2) is 6.80. The van der Waals surface area contributed by atoms with Gasteiger partial charge in [0.05, 0.1) is 7.11 Å². The maximum absolute atomic E-state index is 12.5. The summed E-state index contributed by atoms with van der Waals surface area (Å²) < 4.78 is 5.17. The van der Waals surface area contributed by atoms with Gasteiger partial charge in [-0.1, -0.05) is 6.92 Å². The van der Waals surface area contributed by atoms with Crippen LogP contribution in [0.1, 0.15) is 30.1 Å². The highest BCUT2D eigenvalue weighted by Gasteiger charge is 2.26. The number of hydrogen-bond acceptors (Lipinski definition) is 4. The van der Waals surface area contributed by atoms with E-state index in [1.807, 2.05) is 7.05 Å². The summed E-state index contributed by atoms with van der Waals surface area (Å²) in [7, 11) is 3.43. The number of rotatable bonds is 5. The summed E-state index contributed by atoms with van der Waals surface area (Å²) in [5.74, 6) is 0.603. The molecule has 2 N–H and O–H groups in total. The van der Waals surface area contributed by atoms with Crippen molar-refractivity contribution in [1.29, 1.82) is 0 Å². The SMILES string of the molecule is CCN1CCCC1CN(C)C(=O)c1cc(N)cc(OC)c1. The van der Waals surface area contributed by atoms with E-state index in [-0.39, 0.29) is 5.91 Å². The molecule has 1 aliphatic heterocycles. The highest BCUT2D eigenvalue weighted by atomic mass is 16.5. The number of likely N-dealkylation sites (tertiary alicyclic amines) is 1. The number of methoxy groups -OCH3 is 1. The molecule has 0 radical (unpaired) electrons. The molecule has 116 valence electrons. The van der Waals surface area contributed by atoms with Crippen LogP contribution in [0.4, 0.5) is 5.69 Å². The molecule has 0 bridgehead atoms. The number of benzene rings is 1. The minimum Gasteiger partial charge on any atom is -0.497 e. The van der Waals surface area contributed by atoms with Crippen LogP contribution in [0.2, 0.25) is 0 Å². The van der Waals surface area contributed by atoms with Crippen molar-refractivity contribution < 1.29 is 9.53 Å². The fourth-order valence-corrected chi connectivity index (χ4v) is 3.00. The molecule has 5 nitrogen and oxygen atoms in total. The Labute approximate surface area is 126 Å². The van der Waals surface area contributed by atoms with Crippen molar-refractivity contribution in [2.75, 3.05) is 39.5 Å². The monoisotopic (exact) mass is 291 g/mol. The normalized spacial score (nSPS) is 18.7. The van der Waals surface area contributed by atoms with Crippen molar-refractivity contribution in [2.24, 2.45) is 0 Å². The molecule has 0 saturated carbocycles. The van der Waals surface area contributed by atoms with Crippen LogP contribution in [-0.4, -0.2) is 55.5 Å². The number of nitrogens with two attached hydrogens (primary N) is 1. The van der Waals surface area contributed by atoms with Gasteiger partial charge < -0.3 is 15.4 Å². The Hall–Kier alpha value is -1.75. The Bertz CT molecular complexity index is 504. The van der Waals surface area contributed by atoms with Crippen molar-refractivity contribution >= 4 is 11.6 Å². The lowest BCUT2D eigenvalue weighted by atomic mass is 10.1. The van der Waals surface area contributed by atoms with Crippen LogP contribution in [0.3, 0.4) is 0 Å². The first-order chi connectivity index (χ1) is 10.0. The maximum atomic E-state index is 12.5. The largest absolute Gasteiger partial charge is 0.497 e. The highest BCUT2D eigenvalue weighted by Crippen LogP contribution is 2.21. The molecular weight excluding hydrogens is 266 g/mol. The molecule has 1 atom stereocenters. The molecule has 1 heterocycles. The van der Waals surface area contributed by atoms with Gasteiger partial charge in [-0.25, -0.2) is 0 Å². The summed E-state index contributed by atoms with van der Waals surface area (Å²) >= 11 is 0. The molecule has 0 spiro atoms. The standard InChI is InChI=1S/C16H25N3O2/c1-4-19-7-5-6-14(19)11-18(2)16(20)12-8-13(17)10-15(9-12)21-3/h8-10,14H,4-7,11,17H2,1-3H3. The Kier molecular flexibility index (Phi) is 5.07. The number of ether oxygens (including phenoxy) is 1. The summed E-state index contributed by atoms with van der Waals surface area (Å²) in [5, 5.41) is 0. The molecule has 1 aliphatic rings. The maximum Gasteiger partial charge on any atom is 0.253 e. The van der Waals surface area contributed by atoms with Crippen LogP contribution in [0.5, 0.6) is 5.75 Å². The number of anilines is 1. The van der Waals surface area contributed by atoms with E-state index < -0.39 is 0 Å². The number of amides is 1. The smallest absolute Gasteiger partial charge is 0.253 e. The van der Waals surface area contributed by atoms with Gasteiger partial charge in [-0.05, 0) is 38.1 Å². The van der Waals surface area contributed by atoms with Gasteiger partial charge in [0.1, 0.15) is 5.75 Å². The molecule has 21 heavy (non-hydrogen) atoms. The van der Waals surface area contributed by atoms with Crippen LogP contribution < -0.4 is 10.5 Å². The third-order valence-corrected chi connectivity index (χ3v) is 4.15. The van der Waals surface area contributed by atoms with Crippen LogP contribution in [0.25, 0.3) is 0 Å². The van der Waals surface area contributed by atoms with Gasteiger partial charge in [-0.15, -0.1) is 0 Å². The molecule has 5 heteroatoms. The molecule has 1 unspecified atom stereocenters. The minimum atomic E-state index is -0.0106. The Morgan fingerprint density at radius 3 is 2.90 bits per heavy atom. The molecule has 1 fully saturated rings. The van der Waals surface area contributed by atoms with E-state index in [0.29, 0.717) is 23.0 Å². The molecule has 2 rings (SSSR count). The third-order valence-electron chi connectivity index (χ3n) is 4.15. The quantitative estimate of drug-likeness (QED) is 0.841. The molecule has 1 aromatic carbocycles. The topological polar surface area (TPSA) is 58.8 Å². The predicted octanol–water partition coefficient (Wildman–Crippen LogP) is 1.83. The lowest BCUT2D eigenvalue weighted by Crippen LogP contribution is -2.41. The molecular formula is C16H25N3O2. The number of nitrogens with zero attached hydrogens (tertiary/aromatic N) is 2. The zero-order valence-electron chi connectivity index (χ0n) is 13.1. The number of nitrogen functional groups attached to an aromatic ring is 1. The first kappa shape index (κ1) is 15.6. The van der Waals surface area contributed by atoms with E-state index in [4.69, 9.17) is 10.5 Å². The van der Waals surface area contributed by atoms with E-state index in [9.17, 15) is 4.79 Å². The van der Waals surface area contributed by atoms with Gasteiger partial charge in [0.2, 0.25) is 0 Å². The Morgan fingerprint density at radius 2 is 2.24 bits per heavy atom. The lowest BCUT2D eigenvalue weighted by molar-refractivity contribution is 0.0754. The first-order valence-electron chi connectivity index (χ1n) is 7.49. The fraction of sp³-hybridized carbons (Fsp3) is 0.562. The zero-order chi connectivity index (χ0) is 15.4. The van der Waals surface area contributed by atoms with Gasteiger partial charge in [-0.3, -0.25) is 9.69 Å². The minimum absolute atomic E-state index is 0.0106. The molecule has 1 amide bonds. The summed E-state index contributed by atoms with van der Waals surface area (Å²) in [6, 6.07) is 5.62. The van der Waals surface area contributed by atoms with Crippen LogP contribution in [0, 0.1) is 0 Å². The van der Waals surface area contributed by atoms with Gasteiger partial charge in [0.15, 0.2) is 0 Å². The van der Waals surface area contributed by atoms with Crippen molar-refractivity contribution in [3.63, 3.8) is 0 Å². The lowest BCUT2D eigenvalue weighted by Gasteiger charge is -2.28. The van der Waals surface area contributed by atoms with Crippen molar-refractivity contribution in [1.82, 2.24) is 9.80 Å². The fourth-order valence-electron chi connectivity index (χ4n) is 3.00. The number of carbonyl (C=O) groups is 1. The van der Waals surface area contributed by atoms with E-state index in [2.05, 4.69) is 11.8 Å². The van der Waals surface area contributed by atoms with Crippen LogP contribution in [0.15, 0.2) is 18.2 Å². The number of likely N-dealkylation sites (N-methyl/N-ethyl adjacent to an activating group) is 2. The number of hydrogen-bond donors (Lipinski definition) is 1. The van der Waals surface area contributed by atoms with Crippen molar-refractivity contribution in [3.05, 3.63) is 23.8 Å². The van der Waals surface area contributed by atoms with Gasteiger partial charge in [0, 0.05) is 37.0 Å².